The molecule has 2 atom stereocenters. The van der Waals surface area contributed by atoms with E-state index in [0.717, 1.165) is 16.5 Å². The molecule has 2 aromatic carbocycles. The zero-order chi connectivity index (χ0) is 15.4. The minimum absolute atomic E-state index is 0.213. The third-order valence-corrected chi connectivity index (χ3v) is 4.00. The minimum Gasteiger partial charge on any atom is -0.483 e. The van der Waals surface area contributed by atoms with Crippen molar-refractivity contribution in [2.45, 2.75) is 25.5 Å². The average Bonchev–Trinajstić information content (AvgIpc) is 2.47. The molecule has 0 aromatic heterocycles. The number of hydrogen-bond acceptors (Lipinski definition) is 2. The van der Waals surface area contributed by atoms with E-state index < -0.39 is 0 Å². The van der Waals surface area contributed by atoms with Crippen molar-refractivity contribution in [2.24, 2.45) is 5.73 Å². The summed E-state index contributed by atoms with van der Waals surface area (Å²) in [5, 5.41) is 0.500. The SMILES string of the molecule is CCC(N)C(Oc1ccc(Br)cc1Cl)c1ccc(F)cc1. The van der Waals surface area contributed by atoms with Crippen molar-refractivity contribution in [3.8, 4) is 5.75 Å². The van der Waals surface area contributed by atoms with E-state index in [1.54, 1.807) is 24.3 Å². The van der Waals surface area contributed by atoms with Crippen LogP contribution in [-0.2, 0) is 0 Å². The first-order chi connectivity index (χ1) is 10.0. The Morgan fingerprint density at radius 1 is 1.24 bits per heavy atom. The van der Waals surface area contributed by atoms with E-state index in [9.17, 15) is 4.39 Å². The fraction of sp³-hybridized carbons (Fsp3) is 0.250. The average molecular weight is 373 g/mol. The number of rotatable bonds is 5. The van der Waals surface area contributed by atoms with Crippen LogP contribution in [0.1, 0.15) is 25.0 Å². The monoisotopic (exact) mass is 371 g/mol. The molecule has 0 radical (unpaired) electrons. The minimum atomic E-state index is -0.380. The van der Waals surface area contributed by atoms with Gasteiger partial charge in [0.15, 0.2) is 0 Å². The van der Waals surface area contributed by atoms with Crippen LogP contribution in [0.4, 0.5) is 4.39 Å². The van der Waals surface area contributed by atoms with Gasteiger partial charge < -0.3 is 10.5 Å². The summed E-state index contributed by atoms with van der Waals surface area (Å²) in [5.41, 5.74) is 6.97. The van der Waals surface area contributed by atoms with Crippen molar-refractivity contribution in [2.75, 3.05) is 0 Å². The zero-order valence-electron chi connectivity index (χ0n) is 11.5. The second-order valence-corrected chi connectivity index (χ2v) is 6.06. The van der Waals surface area contributed by atoms with Gasteiger partial charge in [0, 0.05) is 10.5 Å². The van der Waals surface area contributed by atoms with E-state index >= 15 is 0 Å². The van der Waals surface area contributed by atoms with E-state index in [0.29, 0.717) is 10.8 Å². The lowest BCUT2D eigenvalue weighted by atomic mass is 10.0. The van der Waals surface area contributed by atoms with Gasteiger partial charge in [0.05, 0.1) is 5.02 Å². The van der Waals surface area contributed by atoms with Gasteiger partial charge >= 0.3 is 0 Å². The Balaban J connectivity index is 2.30. The maximum absolute atomic E-state index is 13.1. The van der Waals surface area contributed by atoms with Crippen molar-refractivity contribution in [1.82, 2.24) is 0 Å². The highest BCUT2D eigenvalue weighted by Crippen LogP contribution is 2.33. The maximum atomic E-state index is 13.1. The molecule has 2 unspecified atom stereocenters. The van der Waals surface area contributed by atoms with Crippen molar-refractivity contribution >= 4 is 27.5 Å². The third-order valence-electron chi connectivity index (χ3n) is 3.21. The second-order valence-electron chi connectivity index (χ2n) is 4.74. The number of hydrogen-bond donors (Lipinski definition) is 1. The molecule has 0 spiro atoms. The molecule has 2 N–H and O–H groups in total. The lowest BCUT2D eigenvalue weighted by molar-refractivity contribution is 0.171. The molecule has 5 heteroatoms. The van der Waals surface area contributed by atoms with Gasteiger partial charge in [0.25, 0.3) is 0 Å². The molecule has 2 nitrogen and oxygen atoms in total. The molecule has 0 saturated heterocycles. The molecule has 0 aliphatic rings. The number of nitrogens with two attached hydrogens (primary N) is 1. The Morgan fingerprint density at radius 2 is 1.90 bits per heavy atom. The summed E-state index contributed by atoms with van der Waals surface area (Å²) >= 11 is 9.53. The quantitative estimate of drug-likeness (QED) is 0.792. The van der Waals surface area contributed by atoms with Gasteiger partial charge in [-0.05, 0) is 42.3 Å². The van der Waals surface area contributed by atoms with Crippen LogP contribution in [0.25, 0.3) is 0 Å². The van der Waals surface area contributed by atoms with Crippen molar-refractivity contribution in [3.63, 3.8) is 0 Å². The molecule has 0 fully saturated rings. The first-order valence-corrected chi connectivity index (χ1v) is 7.81. The molecule has 2 aromatic rings. The van der Waals surface area contributed by atoms with Crippen LogP contribution in [0.5, 0.6) is 5.75 Å². The predicted molar refractivity (Wildman–Crippen MR) is 87.2 cm³/mol. The smallest absolute Gasteiger partial charge is 0.139 e. The van der Waals surface area contributed by atoms with Gasteiger partial charge in [-0.25, -0.2) is 4.39 Å². The standard InChI is InChI=1S/C16H16BrClFNO/c1-2-14(20)16(10-3-6-12(19)7-4-10)21-15-8-5-11(17)9-13(15)18/h3-9,14,16H,2,20H2,1H3. The lowest BCUT2D eigenvalue weighted by Gasteiger charge is -2.25. The van der Waals surface area contributed by atoms with Crippen LogP contribution < -0.4 is 10.5 Å². The van der Waals surface area contributed by atoms with Crippen LogP contribution in [0, 0.1) is 5.82 Å². The van der Waals surface area contributed by atoms with E-state index in [-0.39, 0.29) is 18.0 Å². The molecule has 0 aliphatic heterocycles. The second kappa shape index (κ2) is 7.25. The van der Waals surface area contributed by atoms with E-state index in [4.69, 9.17) is 22.1 Å². The first kappa shape index (κ1) is 16.3. The summed E-state index contributed by atoms with van der Waals surface area (Å²) in [5.74, 6) is 0.266. The van der Waals surface area contributed by atoms with Crippen molar-refractivity contribution in [1.29, 1.82) is 0 Å². The molecule has 0 heterocycles. The van der Waals surface area contributed by atoms with Gasteiger partial charge in [0.1, 0.15) is 17.7 Å². The van der Waals surface area contributed by atoms with Crippen LogP contribution in [0.3, 0.4) is 0 Å². The van der Waals surface area contributed by atoms with E-state index in [1.165, 1.54) is 12.1 Å². The topological polar surface area (TPSA) is 35.2 Å². The first-order valence-electron chi connectivity index (χ1n) is 6.64. The molecule has 112 valence electrons. The Kier molecular flexibility index (Phi) is 5.62. The molecule has 0 amide bonds. The van der Waals surface area contributed by atoms with Gasteiger partial charge in [-0.1, -0.05) is 46.6 Å². The molecule has 0 aliphatic carbocycles. The molecule has 0 saturated carbocycles. The predicted octanol–water partition coefficient (Wildman–Crippen LogP) is 5.10. The molecular weight excluding hydrogens is 357 g/mol. The van der Waals surface area contributed by atoms with Crippen LogP contribution >= 0.6 is 27.5 Å². The molecular formula is C16H16BrClFNO. The molecule has 21 heavy (non-hydrogen) atoms. The highest BCUT2D eigenvalue weighted by Gasteiger charge is 2.21. The summed E-state index contributed by atoms with van der Waals surface area (Å²) in [6, 6.07) is 11.3. The normalized spacial score (nSPS) is 13.8. The number of halogens is 3. The van der Waals surface area contributed by atoms with Gasteiger partial charge in [-0.2, -0.15) is 0 Å². The highest BCUT2D eigenvalue weighted by atomic mass is 79.9. The fourth-order valence-corrected chi connectivity index (χ4v) is 2.69. The summed E-state index contributed by atoms with van der Waals surface area (Å²) in [6.07, 6.45) is 0.352. The Labute approximate surface area is 137 Å². The number of benzene rings is 2. The van der Waals surface area contributed by atoms with Crippen LogP contribution in [0.15, 0.2) is 46.9 Å². The summed E-state index contributed by atoms with van der Waals surface area (Å²) in [4.78, 5) is 0. The summed E-state index contributed by atoms with van der Waals surface area (Å²) in [6.45, 7) is 1.98. The lowest BCUT2D eigenvalue weighted by Crippen LogP contribution is -2.31. The van der Waals surface area contributed by atoms with Crippen LogP contribution in [0.2, 0.25) is 5.02 Å². The fourth-order valence-electron chi connectivity index (χ4n) is 1.98. The van der Waals surface area contributed by atoms with Gasteiger partial charge in [-0.3, -0.25) is 0 Å². The van der Waals surface area contributed by atoms with Crippen molar-refractivity contribution < 1.29 is 9.13 Å². The number of ether oxygens (including phenoxy) is 1. The van der Waals surface area contributed by atoms with Gasteiger partial charge in [-0.15, -0.1) is 0 Å². The Morgan fingerprint density at radius 3 is 2.48 bits per heavy atom. The zero-order valence-corrected chi connectivity index (χ0v) is 13.9. The van der Waals surface area contributed by atoms with Crippen molar-refractivity contribution in [3.05, 3.63) is 63.3 Å². The maximum Gasteiger partial charge on any atom is 0.139 e. The third kappa shape index (κ3) is 4.19. The largest absolute Gasteiger partial charge is 0.483 e. The Hall–Kier alpha value is -1.10. The molecule has 0 bridgehead atoms. The highest BCUT2D eigenvalue weighted by molar-refractivity contribution is 9.10. The van der Waals surface area contributed by atoms with E-state index in [1.807, 2.05) is 13.0 Å². The van der Waals surface area contributed by atoms with Crippen LogP contribution in [-0.4, -0.2) is 6.04 Å². The summed E-state index contributed by atoms with van der Waals surface area (Å²) in [7, 11) is 0. The van der Waals surface area contributed by atoms with E-state index in [2.05, 4.69) is 15.9 Å². The summed E-state index contributed by atoms with van der Waals surface area (Å²) < 4.78 is 19.9. The van der Waals surface area contributed by atoms with Gasteiger partial charge in [0.2, 0.25) is 0 Å². The molecule has 2 rings (SSSR count). The Bertz CT molecular complexity index is 606.